The quantitative estimate of drug-likeness (QED) is 0.898. The molecule has 0 aliphatic heterocycles. The zero-order valence-corrected chi connectivity index (χ0v) is 11.4. The molecule has 0 saturated carbocycles. The first-order valence-electron chi connectivity index (χ1n) is 6.31. The van der Waals surface area contributed by atoms with E-state index < -0.39 is 0 Å². The molecule has 0 bridgehead atoms. The highest BCUT2D eigenvalue weighted by Crippen LogP contribution is 2.16. The van der Waals surface area contributed by atoms with Crippen LogP contribution in [0.5, 0.6) is 0 Å². The number of hydrogen-bond acceptors (Lipinski definition) is 2. The molecule has 0 saturated heterocycles. The van der Waals surface area contributed by atoms with Crippen LogP contribution in [0, 0.1) is 6.92 Å². The smallest absolute Gasteiger partial charge is 0.255 e. The van der Waals surface area contributed by atoms with Crippen molar-refractivity contribution >= 4 is 23.2 Å². The van der Waals surface area contributed by atoms with Crippen molar-refractivity contribution in [3.8, 4) is 0 Å². The van der Waals surface area contributed by atoms with Crippen LogP contribution in [0.4, 0.5) is 11.4 Å². The maximum absolute atomic E-state index is 12.1. The van der Waals surface area contributed by atoms with Crippen molar-refractivity contribution in [2.45, 2.75) is 13.8 Å². The van der Waals surface area contributed by atoms with Crippen molar-refractivity contribution in [1.82, 2.24) is 0 Å². The molecule has 0 unspecified atom stereocenters. The molecule has 102 valence electrons. The molecule has 0 fully saturated rings. The summed E-state index contributed by atoms with van der Waals surface area (Å²) in [5.74, 6) is -0.309. The number of carbonyl (C=O) groups excluding carboxylic acids is 2. The van der Waals surface area contributed by atoms with E-state index >= 15 is 0 Å². The zero-order valence-electron chi connectivity index (χ0n) is 11.4. The summed E-state index contributed by atoms with van der Waals surface area (Å²) in [6.45, 7) is 3.38. The van der Waals surface area contributed by atoms with Crippen LogP contribution in [0.25, 0.3) is 0 Å². The Morgan fingerprint density at radius 2 is 1.55 bits per heavy atom. The van der Waals surface area contributed by atoms with Gasteiger partial charge in [0.15, 0.2) is 0 Å². The average molecular weight is 268 g/mol. The SMILES string of the molecule is CC(=O)Nc1ccc(C(=O)Nc2ccccc2C)cc1. The molecular formula is C16H16N2O2. The highest BCUT2D eigenvalue weighted by Gasteiger charge is 2.07. The van der Waals surface area contributed by atoms with Crippen molar-refractivity contribution in [2.75, 3.05) is 10.6 Å². The molecule has 2 aromatic carbocycles. The Morgan fingerprint density at radius 3 is 2.15 bits per heavy atom. The number of para-hydroxylation sites is 1. The van der Waals surface area contributed by atoms with Crippen LogP contribution >= 0.6 is 0 Å². The van der Waals surface area contributed by atoms with E-state index in [2.05, 4.69) is 10.6 Å². The zero-order chi connectivity index (χ0) is 14.5. The van der Waals surface area contributed by atoms with Gasteiger partial charge in [0, 0.05) is 23.9 Å². The molecule has 0 aliphatic carbocycles. The predicted molar refractivity (Wildman–Crippen MR) is 79.9 cm³/mol. The number of benzene rings is 2. The molecule has 2 aromatic rings. The van der Waals surface area contributed by atoms with Crippen molar-refractivity contribution in [1.29, 1.82) is 0 Å². The third-order valence-corrected chi connectivity index (χ3v) is 2.86. The summed E-state index contributed by atoms with van der Waals surface area (Å²) in [5, 5.41) is 5.52. The third-order valence-electron chi connectivity index (χ3n) is 2.86. The van der Waals surface area contributed by atoms with Gasteiger partial charge in [-0.05, 0) is 42.8 Å². The summed E-state index contributed by atoms with van der Waals surface area (Å²) in [6, 6.07) is 14.4. The number of hydrogen-bond donors (Lipinski definition) is 2. The normalized spacial score (nSPS) is 9.90. The summed E-state index contributed by atoms with van der Waals surface area (Å²) in [7, 11) is 0. The Hall–Kier alpha value is -2.62. The molecule has 4 heteroatoms. The fraction of sp³-hybridized carbons (Fsp3) is 0.125. The van der Waals surface area contributed by atoms with Crippen molar-refractivity contribution in [3.05, 3.63) is 59.7 Å². The van der Waals surface area contributed by atoms with Crippen LogP contribution < -0.4 is 10.6 Å². The first-order valence-corrected chi connectivity index (χ1v) is 6.31. The van der Waals surface area contributed by atoms with Crippen LogP contribution in [-0.2, 0) is 4.79 Å². The highest BCUT2D eigenvalue weighted by molar-refractivity contribution is 6.05. The van der Waals surface area contributed by atoms with Crippen molar-refractivity contribution in [2.24, 2.45) is 0 Å². The van der Waals surface area contributed by atoms with Gasteiger partial charge in [-0.25, -0.2) is 0 Å². The Bertz CT molecular complexity index is 633. The van der Waals surface area contributed by atoms with E-state index in [1.165, 1.54) is 6.92 Å². The van der Waals surface area contributed by atoms with E-state index in [0.29, 0.717) is 11.3 Å². The maximum Gasteiger partial charge on any atom is 0.255 e. The van der Waals surface area contributed by atoms with E-state index in [9.17, 15) is 9.59 Å². The maximum atomic E-state index is 12.1. The molecule has 2 amide bonds. The minimum atomic E-state index is -0.173. The molecule has 0 aromatic heterocycles. The lowest BCUT2D eigenvalue weighted by molar-refractivity contribution is -0.114. The van der Waals surface area contributed by atoms with Gasteiger partial charge in [0.2, 0.25) is 5.91 Å². The molecule has 0 radical (unpaired) electrons. The molecule has 0 spiro atoms. The van der Waals surface area contributed by atoms with Crippen LogP contribution in [0.1, 0.15) is 22.8 Å². The molecule has 0 atom stereocenters. The number of anilines is 2. The number of amides is 2. The molecule has 4 nitrogen and oxygen atoms in total. The Kier molecular flexibility index (Phi) is 4.15. The summed E-state index contributed by atoms with van der Waals surface area (Å²) < 4.78 is 0. The van der Waals surface area contributed by atoms with Crippen molar-refractivity contribution in [3.63, 3.8) is 0 Å². The predicted octanol–water partition coefficient (Wildman–Crippen LogP) is 3.21. The van der Waals surface area contributed by atoms with Gasteiger partial charge < -0.3 is 10.6 Å². The van der Waals surface area contributed by atoms with Gasteiger partial charge in [0.1, 0.15) is 0 Å². The molecule has 2 N–H and O–H groups in total. The van der Waals surface area contributed by atoms with Crippen LogP contribution in [-0.4, -0.2) is 11.8 Å². The second-order valence-electron chi connectivity index (χ2n) is 4.53. The van der Waals surface area contributed by atoms with Gasteiger partial charge >= 0.3 is 0 Å². The molecule has 2 rings (SSSR count). The standard InChI is InChI=1S/C16H16N2O2/c1-11-5-3-4-6-15(11)18-16(20)13-7-9-14(10-8-13)17-12(2)19/h3-10H,1-2H3,(H,17,19)(H,18,20). The lowest BCUT2D eigenvalue weighted by atomic mass is 10.1. The molecule has 0 aliphatic rings. The molecule has 20 heavy (non-hydrogen) atoms. The molecule has 0 heterocycles. The second kappa shape index (κ2) is 6.02. The topological polar surface area (TPSA) is 58.2 Å². The molecular weight excluding hydrogens is 252 g/mol. The van der Waals surface area contributed by atoms with Gasteiger partial charge in [0.05, 0.1) is 0 Å². The Balaban J connectivity index is 2.10. The van der Waals surface area contributed by atoms with E-state index in [1.807, 2.05) is 31.2 Å². The van der Waals surface area contributed by atoms with Crippen LogP contribution in [0.15, 0.2) is 48.5 Å². The Morgan fingerprint density at radius 1 is 0.900 bits per heavy atom. The van der Waals surface area contributed by atoms with Crippen LogP contribution in [0.3, 0.4) is 0 Å². The number of aryl methyl sites for hydroxylation is 1. The summed E-state index contributed by atoms with van der Waals surface area (Å²) in [5.41, 5.74) is 3.02. The fourth-order valence-corrected chi connectivity index (χ4v) is 1.82. The largest absolute Gasteiger partial charge is 0.326 e. The van der Waals surface area contributed by atoms with E-state index in [1.54, 1.807) is 24.3 Å². The van der Waals surface area contributed by atoms with E-state index in [-0.39, 0.29) is 11.8 Å². The number of carbonyl (C=O) groups is 2. The average Bonchev–Trinajstić information content (AvgIpc) is 2.41. The van der Waals surface area contributed by atoms with Crippen molar-refractivity contribution < 1.29 is 9.59 Å². The van der Waals surface area contributed by atoms with E-state index in [4.69, 9.17) is 0 Å². The van der Waals surface area contributed by atoms with Gasteiger partial charge in [0.25, 0.3) is 5.91 Å². The van der Waals surface area contributed by atoms with Gasteiger partial charge in [-0.2, -0.15) is 0 Å². The lowest BCUT2D eigenvalue weighted by Crippen LogP contribution is -2.13. The van der Waals surface area contributed by atoms with Gasteiger partial charge in [-0.15, -0.1) is 0 Å². The third kappa shape index (κ3) is 3.45. The Labute approximate surface area is 117 Å². The highest BCUT2D eigenvalue weighted by atomic mass is 16.2. The van der Waals surface area contributed by atoms with Crippen LogP contribution in [0.2, 0.25) is 0 Å². The summed E-state index contributed by atoms with van der Waals surface area (Å²) in [4.78, 5) is 23.0. The second-order valence-corrected chi connectivity index (χ2v) is 4.53. The summed E-state index contributed by atoms with van der Waals surface area (Å²) >= 11 is 0. The lowest BCUT2D eigenvalue weighted by Gasteiger charge is -2.08. The minimum absolute atomic E-state index is 0.137. The number of rotatable bonds is 3. The first kappa shape index (κ1) is 13.8. The minimum Gasteiger partial charge on any atom is -0.326 e. The van der Waals surface area contributed by atoms with Gasteiger partial charge in [-0.3, -0.25) is 9.59 Å². The number of nitrogens with one attached hydrogen (secondary N) is 2. The fourth-order valence-electron chi connectivity index (χ4n) is 1.82. The van der Waals surface area contributed by atoms with E-state index in [0.717, 1.165) is 11.3 Å². The monoisotopic (exact) mass is 268 g/mol. The van der Waals surface area contributed by atoms with Gasteiger partial charge in [-0.1, -0.05) is 18.2 Å². The summed E-state index contributed by atoms with van der Waals surface area (Å²) in [6.07, 6.45) is 0. The first-order chi connectivity index (χ1) is 9.56.